The molecule has 1 N–H and O–H groups in total. The van der Waals surface area contributed by atoms with E-state index in [1.54, 1.807) is 24.3 Å². The fraction of sp³-hybridized carbons (Fsp3) is 0.0769. The van der Waals surface area contributed by atoms with Crippen molar-refractivity contribution in [1.82, 2.24) is 0 Å². The second-order valence-corrected chi connectivity index (χ2v) is 8.09. The Morgan fingerprint density at radius 1 is 1.15 bits per heavy atom. The molecule has 0 amide bonds. The summed E-state index contributed by atoms with van der Waals surface area (Å²) in [5, 5.41) is 0.394. The van der Waals surface area contributed by atoms with Gasteiger partial charge >= 0.3 is 0 Å². The predicted molar refractivity (Wildman–Crippen MR) is 93.2 cm³/mol. The number of thioether (sulfide) groups is 1. The molecule has 2 rings (SSSR count). The Hall–Kier alpha value is -0.440. The summed E-state index contributed by atoms with van der Waals surface area (Å²) in [5.74, 6) is 0. The number of hydrogen-bond donors (Lipinski definition) is 1. The molecule has 0 spiro atoms. The Morgan fingerprint density at radius 3 is 2.40 bits per heavy atom. The third-order valence-corrected chi connectivity index (χ3v) is 5.81. The van der Waals surface area contributed by atoms with Gasteiger partial charge in [0.2, 0.25) is 0 Å². The molecule has 0 saturated carbocycles. The SMILES string of the molecule is CSc1ccc(Cl)cc1S(=O)(=O)Nc1ccc(I)cc1. The number of benzene rings is 2. The third kappa shape index (κ3) is 3.81. The predicted octanol–water partition coefficient (Wildman–Crippen LogP) is 4.47. The molecule has 0 fully saturated rings. The van der Waals surface area contributed by atoms with E-state index in [-0.39, 0.29) is 4.90 Å². The lowest BCUT2D eigenvalue weighted by molar-refractivity contribution is 0.599. The quantitative estimate of drug-likeness (QED) is 0.565. The molecule has 0 radical (unpaired) electrons. The van der Waals surface area contributed by atoms with E-state index in [4.69, 9.17) is 11.6 Å². The maximum Gasteiger partial charge on any atom is 0.263 e. The first-order valence-corrected chi connectivity index (χ1v) is 9.71. The summed E-state index contributed by atoms with van der Waals surface area (Å²) in [7, 11) is -3.65. The highest BCUT2D eigenvalue weighted by atomic mass is 127. The fourth-order valence-electron chi connectivity index (χ4n) is 1.59. The Bertz CT molecular complexity index is 718. The van der Waals surface area contributed by atoms with Crippen molar-refractivity contribution in [2.45, 2.75) is 9.79 Å². The number of hydrogen-bond acceptors (Lipinski definition) is 3. The van der Waals surface area contributed by atoms with Crippen LogP contribution >= 0.6 is 46.0 Å². The van der Waals surface area contributed by atoms with E-state index in [0.29, 0.717) is 15.6 Å². The molecule has 0 aliphatic carbocycles. The molecule has 0 unspecified atom stereocenters. The zero-order valence-electron chi connectivity index (χ0n) is 10.4. The monoisotopic (exact) mass is 439 g/mol. The zero-order valence-corrected chi connectivity index (χ0v) is 15.0. The summed E-state index contributed by atoms with van der Waals surface area (Å²) >= 11 is 9.43. The lowest BCUT2D eigenvalue weighted by atomic mass is 10.3. The van der Waals surface area contributed by atoms with Gasteiger partial charge in [-0.2, -0.15) is 0 Å². The van der Waals surface area contributed by atoms with Crippen molar-refractivity contribution < 1.29 is 8.42 Å². The Labute approximate surface area is 141 Å². The largest absolute Gasteiger partial charge is 0.280 e. The van der Waals surface area contributed by atoms with Crippen LogP contribution < -0.4 is 4.72 Å². The molecule has 2 aromatic rings. The van der Waals surface area contributed by atoms with Gasteiger partial charge in [-0.25, -0.2) is 8.42 Å². The Balaban J connectivity index is 2.40. The molecule has 0 aliphatic heterocycles. The maximum atomic E-state index is 12.4. The van der Waals surface area contributed by atoms with E-state index in [2.05, 4.69) is 27.3 Å². The number of anilines is 1. The molecule has 0 aliphatic rings. The molecular weight excluding hydrogens is 429 g/mol. The molecule has 0 heterocycles. The van der Waals surface area contributed by atoms with Gasteiger partial charge in [0.15, 0.2) is 0 Å². The van der Waals surface area contributed by atoms with Crippen LogP contribution in [-0.4, -0.2) is 14.7 Å². The minimum absolute atomic E-state index is 0.191. The number of nitrogens with one attached hydrogen (secondary N) is 1. The summed E-state index contributed by atoms with van der Waals surface area (Å²) < 4.78 is 28.5. The van der Waals surface area contributed by atoms with Crippen molar-refractivity contribution in [3.8, 4) is 0 Å². The average molecular weight is 440 g/mol. The molecule has 0 atom stereocenters. The van der Waals surface area contributed by atoms with Crippen molar-refractivity contribution in [3.63, 3.8) is 0 Å². The summed E-state index contributed by atoms with van der Waals surface area (Å²) in [6.07, 6.45) is 1.83. The molecule has 20 heavy (non-hydrogen) atoms. The van der Waals surface area contributed by atoms with E-state index >= 15 is 0 Å². The fourth-order valence-corrected chi connectivity index (χ4v) is 4.40. The minimum atomic E-state index is -3.65. The van der Waals surface area contributed by atoms with E-state index in [1.807, 2.05) is 18.4 Å². The minimum Gasteiger partial charge on any atom is -0.280 e. The Kier molecular flexibility index (Phi) is 5.22. The summed E-state index contributed by atoms with van der Waals surface area (Å²) in [6, 6.07) is 12.0. The standard InChI is InChI=1S/C13H11ClINO2S2/c1-19-12-7-2-9(14)8-13(12)20(17,18)16-11-5-3-10(15)4-6-11/h2-8,16H,1H3. The van der Waals surface area contributed by atoms with Gasteiger partial charge in [0, 0.05) is 19.2 Å². The average Bonchev–Trinajstić information content (AvgIpc) is 2.41. The number of halogens is 2. The van der Waals surface area contributed by atoms with Crippen LogP contribution in [-0.2, 0) is 10.0 Å². The van der Waals surface area contributed by atoms with E-state index < -0.39 is 10.0 Å². The van der Waals surface area contributed by atoms with Crippen molar-refractivity contribution in [3.05, 3.63) is 51.1 Å². The van der Waals surface area contributed by atoms with Gasteiger partial charge in [-0.05, 0) is 71.3 Å². The maximum absolute atomic E-state index is 12.4. The highest BCUT2D eigenvalue weighted by Crippen LogP contribution is 2.29. The normalized spacial score (nSPS) is 11.3. The summed E-state index contributed by atoms with van der Waals surface area (Å²) in [4.78, 5) is 0.850. The van der Waals surface area contributed by atoms with E-state index in [9.17, 15) is 8.42 Å². The smallest absolute Gasteiger partial charge is 0.263 e. The van der Waals surface area contributed by atoms with Crippen molar-refractivity contribution in [2.24, 2.45) is 0 Å². The highest BCUT2D eigenvalue weighted by Gasteiger charge is 2.19. The van der Waals surface area contributed by atoms with Crippen LogP contribution in [0, 0.1) is 3.57 Å². The molecular formula is C13H11ClINO2S2. The molecule has 3 nitrogen and oxygen atoms in total. The van der Waals surface area contributed by atoms with Crippen LogP contribution in [0.5, 0.6) is 0 Å². The topological polar surface area (TPSA) is 46.2 Å². The molecule has 7 heteroatoms. The second kappa shape index (κ2) is 6.55. The highest BCUT2D eigenvalue weighted by molar-refractivity contribution is 14.1. The molecule has 106 valence electrons. The lowest BCUT2D eigenvalue weighted by Crippen LogP contribution is -2.14. The summed E-state index contributed by atoms with van der Waals surface area (Å²) in [5.41, 5.74) is 0.525. The number of sulfonamides is 1. The van der Waals surface area contributed by atoms with Crippen LogP contribution in [0.25, 0.3) is 0 Å². The van der Waals surface area contributed by atoms with Crippen molar-refractivity contribution in [2.75, 3.05) is 11.0 Å². The number of rotatable bonds is 4. The van der Waals surface area contributed by atoms with Gasteiger partial charge in [0.1, 0.15) is 4.90 Å². The van der Waals surface area contributed by atoms with Gasteiger partial charge in [-0.3, -0.25) is 4.72 Å². The molecule has 0 aromatic heterocycles. The first kappa shape index (κ1) is 15.9. The van der Waals surface area contributed by atoms with Gasteiger partial charge in [-0.15, -0.1) is 11.8 Å². The first-order chi connectivity index (χ1) is 9.42. The Morgan fingerprint density at radius 2 is 1.80 bits per heavy atom. The first-order valence-electron chi connectivity index (χ1n) is 5.54. The molecule has 0 saturated heterocycles. The van der Waals surface area contributed by atoms with Gasteiger partial charge in [-0.1, -0.05) is 11.6 Å². The van der Waals surface area contributed by atoms with E-state index in [1.165, 1.54) is 17.8 Å². The summed E-state index contributed by atoms with van der Waals surface area (Å²) in [6.45, 7) is 0. The van der Waals surface area contributed by atoms with Crippen molar-refractivity contribution >= 4 is 61.7 Å². The van der Waals surface area contributed by atoms with Gasteiger partial charge in [0.05, 0.1) is 0 Å². The second-order valence-electron chi connectivity index (χ2n) is 3.91. The van der Waals surface area contributed by atoms with Crippen LogP contribution in [0.2, 0.25) is 5.02 Å². The molecule has 2 aromatic carbocycles. The molecule has 0 bridgehead atoms. The third-order valence-electron chi connectivity index (χ3n) is 2.51. The zero-order chi connectivity index (χ0) is 14.8. The van der Waals surface area contributed by atoms with Gasteiger partial charge in [0.25, 0.3) is 10.0 Å². The van der Waals surface area contributed by atoms with Crippen LogP contribution in [0.4, 0.5) is 5.69 Å². The lowest BCUT2D eigenvalue weighted by Gasteiger charge is -2.11. The van der Waals surface area contributed by atoms with Crippen LogP contribution in [0.1, 0.15) is 0 Å². The van der Waals surface area contributed by atoms with Crippen LogP contribution in [0.3, 0.4) is 0 Å². The van der Waals surface area contributed by atoms with E-state index in [0.717, 1.165) is 3.57 Å². The van der Waals surface area contributed by atoms with Gasteiger partial charge < -0.3 is 0 Å². The van der Waals surface area contributed by atoms with Crippen molar-refractivity contribution in [1.29, 1.82) is 0 Å². The van der Waals surface area contributed by atoms with Crippen LogP contribution in [0.15, 0.2) is 52.3 Å².